The summed E-state index contributed by atoms with van der Waals surface area (Å²) in [6.07, 6.45) is 0. The molecule has 5 heteroatoms. The summed E-state index contributed by atoms with van der Waals surface area (Å²) in [6, 6.07) is 12.8. The molecule has 2 aromatic rings. The Hall–Kier alpha value is -2.07. The van der Waals surface area contributed by atoms with Crippen molar-refractivity contribution >= 4 is 17.5 Å². The van der Waals surface area contributed by atoms with Gasteiger partial charge in [-0.1, -0.05) is 23.7 Å². The van der Waals surface area contributed by atoms with Crippen LogP contribution >= 0.6 is 11.6 Å². The number of halogens is 2. The van der Waals surface area contributed by atoms with Crippen LogP contribution in [0.1, 0.15) is 19.4 Å². The molecule has 3 nitrogen and oxygen atoms in total. The molecule has 0 saturated carbocycles. The van der Waals surface area contributed by atoms with Crippen molar-refractivity contribution in [1.29, 1.82) is 0 Å². The summed E-state index contributed by atoms with van der Waals surface area (Å²) in [6.45, 7) is 3.68. The normalized spacial score (nSPS) is 11.1. The number of ether oxygens (including phenoxy) is 1. The van der Waals surface area contributed by atoms with E-state index >= 15 is 0 Å². The first-order valence-electron chi connectivity index (χ1n) is 6.84. The van der Waals surface area contributed by atoms with Crippen LogP contribution in [0.3, 0.4) is 0 Å². The van der Waals surface area contributed by atoms with Gasteiger partial charge in [0.05, 0.1) is 0 Å². The summed E-state index contributed by atoms with van der Waals surface area (Å²) >= 11 is 5.81. The molecule has 1 N–H and O–H groups in total. The Kier molecular flexibility index (Phi) is 5.03. The molecule has 0 atom stereocenters. The third kappa shape index (κ3) is 4.46. The molecule has 2 aromatic carbocycles. The quantitative estimate of drug-likeness (QED) is 0.905. The molecule has 0 bridgehead atoms. The lowest BCUT2D eigenvalue weighted by Gasteiger charge is -2.25. The second kappa shape index (κ2) is 6.79. The number of nitrogens with one attached hydrogen (secondary N) is 1. The molecule has 0 aliphatic rings. The van der Waals surface area contributed by atoms with E-state index in [1.165, 1.54) is 12.1 Å². The van der Waals surface area contributed by atoms with E-state index in [0.717, 1.165) is 5.56 Å². The second-order valence-electron chi connectivity index (χ2n) is 5.38. The number of amides is 1. The summed E-state index contributed by atoms with van der Waals surface area (Å²) in [5.41, 5.74) is -0.217. The highest BCUT2D eigenvalue weighted by Gasteiger charge is 2.29. The second-order valence-corrected chi connectivity index (χ2v) is 5.81. The number of hydrogen-bond acceptors (Lipinski definition) is 2. The van der Waals surface area contributed by atoms with Crippen LogP contribution < -0.4 is 10.1 Å². The van der Waals surface area contributed by atoms with Gasteiger partial charge in [0.2, 0.25) is 0 Å². The van der Waals surface area contributed by atoms with E-state index in [9.17, 15) is 9.18 Å². The summed E-state index contributed by atoms with van der Waals surface area (Å²) in [4.78, 5) is 12.2. The van der Waals surface area contributed by atoms with Crippen LogP contribution in [0.5, 0.6) is 5.75 Å². The van der Waals surface area contributed by atoms with Gasteiger partial charge in [0.15, 0.2) is 5.60 Å². The maximum atomic E-state index is 12.8. The van der Waals surface area contributed by atoms with Crippen molar-refractivity contribution < 1.29 is 13.9 Å². The molecule has 0 aliphatic heterocycles. The van der Waals surface area contributed by atoms with E-state index in [-0.39, 0.29) is 11.7 Å². The van der Waals surface area contributed by atoms with E-state index in [1.54, 1.807) is 50.2 Å². The maximum Gasteiger partial charge on any atom is 0.263 e. The smallest absolute Gasteiger partial charge is 0.263 e. The number of carbonyl (C=O) groups is 1. The largest absolute Gasteiger partial charge is 0.478 e. The number of rotatable bonds is 5. The predicted molar refractivity (Wildman–Crippen MR) is 84.4 cm³/mol. The number of carbonyl (C=O) groups excluding carboxylic acids is 1. The standard InChI is InChI=1S/C17H17ClFNO2/c1-17(2,22-15-9-5-13(18)6-10-15)16(21)20-11-12-3-7-14(19)8-4-12/h3-10H,11H2,1-2H3,(H,20,21). The molecule has 0 radical (unpaired) electrons. The number of hydrogen-bond donors (Lipinski definition) is 1. The zero-order valence-electron chi connectivity index (χ0n) is 12.4. The highest BCUT2D eigenvalue weighted by atomic mass is 35.5. The fraction of sp³-hybridized carbons (Fsp3) is 0.235. The average Bonchev–Trinajstić information content (AvgIpc) is 2.48. The fourth-order valence-electron chi connectivity index (χ4n) is 1.84. The van der Waals surface area contributed by atoms with Crippen molar-refractivity contribution in [2.75, 3.05) is 0 Å². The number of benzene rings is 2. The lowest BCUT2D eigenvalue weighted by molar-refractivity contribution is -0.134. The minimum atomic E-state index is -1.03. The van der Waals surface area contributed by atoms with Gasteiger partial charge in [-0.05, 0) is 55.8 Å². The Labute approximate surface area is 134 Å². The van der Waals surface area contributed by atoms with Crippen LogP contribution in [0.2, 0.25) is 5.02 Å². The van der Waals surface area contributed by atoms with Crippen molar-refractivity contribution in [2.24, 2.45) is 0 Å². The Balaban J connectivity index is 1.94. The topological polar surface area (TPSA) is 38.3 Å². The minimum absolute atomic E-state index is 0.258. The zero-order valence-corrected chi connectivity index (χ0v) is 13.2. The van der Waals surface area contributed by atoms with E-state index in [4.69, 9.17) is 16.3 Å². The third-order valence-corrected chi connectivity index (χ3v) is 3.35. The maximum absolute atomic E-state index is 12.8. The molecule has 22 heavy (non-hydrogen) atoms. The average molecular weight is 322 g/mol. The molecule has 0 heterocycles. The summed E-state index contributed by atoms with van der Waals surface area (Å²) in [5, 5.41) is 3.38. The first kappa shape index (κ1) is 16.3. The fourth-order valence-corrected chi connectivity index (χ4v) is 1.97. The minimum Gasteiger partial charge on any atom is -0.478 e. The molecular formula is C17H17ClFNO2. The summed E-state index contributed by atoms with van der Waals surface area (Å²) in [7, 11) is 0. The zero-order chi connectivity index (χ0) is 16.2. The molecule has 0 unspecified atom stereocenters. The van der Waals surface area contributed by atoms with Gasteiger partial charge in [0.25, 0.3) is 5.91 Å². The molecule has 0 fully saturated rings. The van der Waals surface area contributed by atoms with Crippen molar-refractivity contribution in [3.05, 3.63) is 64.9 Å². The van der Waals surface area contributed by atoms with Gasteiger partial charge in [-0.15, -0.1) is 0 Å². The Morgan fingerprint density at radius 1 is 1.14 bits per heavy atom. The molecule has 116 valence electrons. The molecule has 0 saturated heterocycles. The molecule has 0 aliphatic carbocycles. The van der Waals surface area contributed by atoms with Crippen LogP contribution in [0.25, 0.3) is 0 Å². The Morgan fingerprint density at radius 3 is 2.32 bits per heavy atom. The van der Waals surface area contributed by atoms with Crippen molar-refractivity contribution in [1.82, 2.24) is 5.32 Å². The Morgan fingerprint density at radius 2 is 1.73 bits per heavy atom. The first-order chi connectivity index (χ1) is 10.4. The van der Waals surface area contributed by atoms with Gasteiger partial charge in [0.1, 0.15) is 11.6 Å². The highest BCUT2D eigenvalue weighted by Crippen LogP contribution is 2.21. The highest BCUT2D eigenvalue weighted by molar-refractivity contribution is 6.30. The molecule has 0 spiro atoms. The van der Waals surface area contributed by atoms with Crippen LogP contribution in [-0.4, -0.2) is 11.5 Å². The monoisotopic (exact) mass is 321 g/mol. The van der Waals surface area contributed by atoms with Gasteiger partial charge in [-0.2, -0.15) is 0 Å². The lowest BCUT2D eigenvalue weighted by Crippen LogP contribution is -2.46. The molecule has 0 aromatic heterocycles. The van der Waals surface area contributed by atoms with Gasteiger partial charge in [0, 0.05) is 11.6 Å². The van der Waals surface area contributed by atoms with E-state index in [2.05, 4.69) is 5.32 Å². The lowest BCUT2D eigenvalue weighted by atomic mass is 10.1. The third-order valence-electron chi connectivity index (χ3n) is 3.10. The van der Waals surface area contributed by atoms with E-state index < -0.39 is 5.60 Å². The van der Waals surface area contributed by atoms with E-state index in [1.807, 2.05) is 0 Å². The van der Waals surface area contributed by atoms with Crippen LogP contribution in [0.4, 0.5) is 4.39 Å². The van der Waals surface area contributed by atoms with E-state index in [0.29, 0.717) is 17.3 Å². The van der Waals surface area contributed by atoms with Crippen LogP contribution in [0, 0.1) is 5.82 Å². The summed E-state index contributed by atoms with van der Waals surface area (Å²) < 4.78 is 18.5. The molecule has 1 amide bonds. The first-order valence-corrected chi connectivity index (χ1v) is 7.22. The van der Waals surface area contributed by atoms with Gasteiger partial charge in [-0.25, -0.2) is 4.39 Å². The molecule has 2 rings (SSSR count). The SMILES string of the molecule is CC(C)(Oc1ccc(Cl)cc1)C(=O)NCc1ccc(F)cc1. The summed E-state index contributed by atoms with van der Waals surface area (Å²) in [5.74, 6) is -0.000384. The van der Waals surface area contributed by atoms with Crippen molar-refractivity contribution in [3.63, 3.8) is 0 Å². The predicted octanol–water partition coefficient (Wildman–Crippen LogP) is 3.95. The van der Waals surface area contributed by atoms with Gasteiger partial charge >= 0.3 is 0 Å². The van der Waals surface area contributed by atoms with Crippen molar-refractivity contribution in [2.45, 2.75) is 26.0 Å². The Bertz CT molecular complexity index is 639. The molecular weight excluding hydrogens is 305 g/mol. The van der Waals surface area contributed by atoms with Gasteiger partial charge in [-0.3, -0.25) is 4.79 Å². The van der Waals surface area contributed by atoms with Crippen LogP contribution in [0.15, 0.2) is 48.5 Å². The van der Waals surface area contributed by atoms with Crippen LogP contribution in [-0.2, 0) is 11.3 Å². The van der Waals surface area contributed by atoms with Gasteiger partial charge < -0.3 is 10.1 Å². The van der Waals surface area contributed by atoms with Crippen molar-refractivity contribution in [3.8, 4) is 5.75 Å².